The SMILES string of the molecule is CCCCCC(C#N)c1cc(OC)c(OC)c(OC)c1. The minimum atomic E-state index is -0.143. The molecule has 0 amide bonds. The number of nitriles is 1. The van der Waals surface area contributed by atoms with Gasteiger partial charge in [-0.05, 0) is 24.1 Å². The molecule has 1 aromatic rings. The fraction of sp³-hybridized carbons (Fsp3) is 0.562. The summed E-state index contributed by atoms with van der Waals surface area (Å²) in [6.45, 7) is 2.15. The van der Waals surface area contributed by atoms with Crippen molar-refractivity contribution in [1.82, 2.24) is 0 Å². The van der Waals surface area contributed by atoms with E-state index in [9.17, 15) is 5.26 Å². The molecule has 4 nitrogen and oxygen atoms in total. The Balaban J connectivity index is 3.07. The summed E-state index contributed by atoms with van der Waals surface area (Å²) in [6, 6.07) is 6.09. The van der Waals surface area contributed by atoms with Crippen molar-refractivity contribution in [3.05, 3.63) is 17.7 Å². The first-order valence-electron chi connectivity index (χ1n) is 6.91. The summed E-state index contributed by atoms with van der Waals surface area (Å²) >= 11 is 0. The number of rotatable bonds is 8. The molecule has 0 N–H and O–H groups in total. The zero-order valence-electron chi connectivity index (χ0n) is 12.7. The highest BCUT2D eigenvalue weighted by Crippen LogP contribution is 2.40. The van der Waals surface area contributed by atoms with Gasteiger partial charge in [0.15, 0.2) is 11.5 Å². The Morgan fingerprint density at radius 1 is 1.05 bits per heavy atom. The van der Waals surface area contributed by atoms with E-state index >= 15 is 0 Å². The standard InChI is InChI=1S/C16H23NO3/c1-5-6-7-8-12(11-17)13-9-14(18-2)16(20-4)15(10-13)19-3/h9-10,12H,5-8H2,1-4H3. The van der Waals surface area contributed by atoms with Gasteiger partial charge in [0.05, 0.1) is 33.3 Å². The van der Waals surface area contributed by atoms with Crippen LogP contribution >= 0.6 is 0 Å². The van der Waals surface area contributed by atoms with E-state index in [0.717, 1.165) is 31.2 Å². The van der Waals surface area contributed by atoms with Crippen molar-refractivity contribution in [1.29, 1.82) is 5.26 Å². The number of benzene rings is 1. The predicted octanol–water partition coefficient (Wildman–Crippen LogP) is 3.90. The molecular formula is C16H23NO3. The zero-order chi connectivity index (χ0) is 15.0. The first-order valence-corrected chi connectivity index (χ1v) is 6.91. The van der Waals surface area contributed by atoms with Crippen molar-refractivity contribution in [2.75, 3.05) is 21.3 Å². The molecule has 0 aliphatic carbocycles. The van der Waals surface area contributed by atoms with Crippen molar-refractivity contribution in [3.63, 3.8) is 0 Å². The van der Waals surface area contributed by atoms with Crippen molar-refractivity contribution < 1.29 is 14.2 Å². The van der Waals surface area contributed by atoms with Crippen molar-refractivity contribution in [2.45, 2.75) is 38.5 Å². The smallest absolute Gasteiger partial charge is 0.203 e. The Labute approximate surface area is 121 Å². The van der Waals surface area contributed by atoms with Crippen LogP contribution < -0.4 is 14.2 Å². The van der Waals surface area contributed by atoms with Gasteiger partial charge in [-0.15, -0.1) is 0 Å². The summed E-state index contributed by atoms with van der Waals surface area (Å²) in [5.41, 5.74) is 0.915. The third kappa shape index (κ3) is 3.80. The molecule has 1 atom stereocenters. The van der Waals surface area contributed by atoms with Gasteiger partial charge >= 0.3 is 0 Å². The molecule has 0 aliphatic heterocycles. The largest absolute Gasteiger partial charge is 0.493 e. The second-order valence-corrected chi connectivity index (χ2v) is 4.64. The Bertz CT molecular complexity index is 440. The predicted molar refractivity (Wildman–Crippen MR) is 78.6 cm³/mol. The van der Waals surface area contributed by atoms with Gasteiger partial charge in [-0.1, -0.05) is 26.2 Å². The highest BCUT2D eigenvalue weighted by atomic mass is 16.5. The number of methoxy groups -OCH3 is 3. The average molecular weight is 277 g/mol. The maximum Gasteiger partial charge on any atom is 0.203 e. The second-order valence-electron chi connectivity index (χ2n) is 4.64. The maximum atomic E-state index is 9.37. The summed E-state index contributed by atoms with van der Waals surface area (Å²) in [5, 5.41) is 9.37. The first-order chi connectivity index (χ1) is 9.71. The number of hydrogen-bond donors (Lipinski definition) is 0. The van der Waals surface area contributed by atoms with Gasteiger partial charge in [-0.2, -0.15) is 5.26 Å². The molecule has 110 valence electrons. The van der Waals surface area contributed by atoms with E-state index in [0.29, 0.717) is 17.2 Å². The van der Waals surface area contributed by atoms with Gasteiger partial charge in [0.2, 0.25) is 5.75 Å². The molecule has 4 heteroatoms. The molecule has 0 aromatic heterocycles. The van der Waals surface area contributed by atoms with Gasteiger partial charge in [0, 0.05) is 0 Å². The summed E-state index contributed by atoms with van der Waals surface area (Å²) in [6.07, 6.45) is 4.18. The molecule has 0 saturated carbocycles. The molecule has 0 aliphatic rings. The highest BCUT2D eigenvalue weighted by molar-refractivity contribution is 5.55. The Morgan fingerprint density at radius 3 is 2.05 bits per heavy atom. The minimum Gasteiger partial charge on any atom is -0.493 e. The molecular weight excluding hydrogens is 254 g/mol. The number of hydrogen-bond acceptors (Lipinski definition) is 4. The molecule has 0 fully saturated rings. The lowest BCUT2D eigenvalue weighted by atomic mass is 9.94. The van der Waals surface area contributed by atoms with Crippen molar-refractivity contribution >= 4 is 0 Å². The molecule has 1 rings (SSSR count). The van der Waals surface area contributed by atoms with Gasteiger partial charge in [-0.25, -0.2) is 0 Å². The summed E-state index contributed by atoms with van der Waals surface area (Å²) in [7, 11) is 4.74. The first kappa shape index (κ1) is 16.2. The lowest BCUT2D eigenvalue weighted by Crippen LogP contribution is -2.01. The van der Waals surface area contributed by atoms with Crippen molar-refractivity contribution in [3.8, 4) is 23.3 Å². The van der Waals surface area contributed by atoms with E-state index in [1.807, 2.05) is 12.1 Å². The summed E-state index contributed by atoms with van der Waals surface area (Å²) in [4.78, 5) is 0. The molecule has 0 saturated heterocycles. The second kappa shape index (κ2) is 8.31. The number of unbranched alkanes of at least 4 members (excludes halogenated alkanes) is 2. The molecule has 20 heavy (non-hydrogen) atoms. The Morgan fingerprint density at radius 2 is 1.65 bits per heavy atom. The maximum absolute atomic E-state index is 9.37. The molecule has 1 aromatic carbocycles. The van der Waals surface area contributed by atoms with Gasteiger partial charge in [0.1, 0.15) is 0 Å². The lowest BCUT2D eigenvalue weighted by molar-refractivity contribution is 0.323. The molecule has 0 spiro atoms. The van der Waals surface area contributed by atoms with E-state index in [1.54, 1.807) is 21.3 Å². The Kier molecular flexibility index (Phi) is 6.72. The van der Waals surface area contributed by atoms with Gasteiger partial charge in [0.25, 0.3) is 0 Å². The minimum absolute atomic E-state index is 0.143. The van der Waals surface area contributed by atoms with Crippen LogP contribution in [0.1, 0.15) is 44.1 Å². The summed E-state index contributed by atoms with van der Waals surface area (Å²) < 4.78 is 15.9. The van der Waals surface area contributed by atoms with Crippen molar-refractivity contribution in [2.24, 2.45) is 0 Å². The lowest BCUT2D eigenvalue weighted by Gasteiger charge is -2.16. The van der Waals surface area contributed by atoms with Crippen LogP contribution in [0.4, 0.5) is 0 Å². The number of nitrogens with zero attached hydrogens (tertiary/aromatic N) is 1. The summed E-state index contributed by atoms with van der Waals surface area (Å²) in [5.74, 6) is 1.61. The van der Waals surface area contributed by atoms with Crippen LogP contribution in [0.15, 0.2) is 12.1 Å². The normalized spacial score (nSPS) is 11.6. The monoisotopic (exact) mass is 277 g/mol. The third-order valence-corrected chi connectivity index (χ3v) is 3.34. The molecule has 0 bridgehead atoms. The highest BCUT2D eigenvalue weighted by Gasteiger charge is 2.18. The fourth-order valence-electron chi connectivity index (χ4n) is 2.21. The van der Waals surface area contributed by atoms with Crippen LogP contribution in [0, 0.1) is 11.3 Å². The van der Waals surface area contributed by atoms with Gasteiger partial charge < -0.3 is 14.2 Å². The van der Waals surface area contributed by atoms with Gasteiger partial charge in [-0.3, -0.25) is 0 Å². The van der Waals surface area contributed by atoms with Crippen LogP contribution in [-0.4, -0.2) is 21.3 Å². The van der Waals surface area contributed by atoms with Crippen LogP contribution in [0.5, 0.6) is 17.2 Å². The van der Waals surface area contributed by atoms with E-state index in [1.165, 1.54) is 0 Å². The van der Waals surface area contributed by atoms with E-state index in [4.69, 9.17) is 14.2 Å². The van der Waals surface area contributed by atoms with Crippen LogP contribution in [-0.2, 0) is 0 Å². The van der Waals surface area contributed by atoms with E-state index < -0.39 is 0 Å². The Hall–Kier alpha value is -1.89. The fourth-order valence-corrected chi connectivity index (χ4v) is 2.21. The average Bonchev–Trinajstić information content (AvgIpc) is 2.50. The quantitative estimate of drug-likeness (QED) is 0.676. The molecule has 0 radical (unpaired) electrons. The van der Waals surface area contributed by atoms with E-state index in [-0.39, 0.29) is 5.92 Å². The molecule has 1 unspecified atom stereocenters. The molecule has 0 heterocycles. The topological polar surface area (TPSA) is 51.5 Å². The van der Waals surface area contributed by atoms with Crippen LogP contribution in [0.2, 0.25) is 0 Å². The van der Waals surface area contributed by atoms with E-state index in [2.05, 4.69) is 13.0 Å². The number of ether oxygens (including phenoxy) is 3. The zero-order valence-corrected chi connectivity index (χ0v) is 12.7. The third-order valence-electron chi connectivity index (χ3n) is 3.34. The van der Waals surface area contributed by atoms with Crippen LogP contribution in [0.3, 0.4) is 0 Å². The van der Waals surface area contributed by atoms with Crippen LogP contribution in [0.25, 0.3) is 0 Å².